The Morgan fingerprint density at radius 2 is 1.73 bits per heavy atom. The summed E-state index contributed by atoms with van der Waals surface area (Å²) < 4.78 is 0. The van der Waals surface area contributed by atoms with Gasteiger partial charge in [-0.25, -0.2) is 0 Å². The predicted molar refractivity (Wildman–Crippen MR) is 63.0 cm³/mol. The zero-order valence-corrected chi connectivity index (χ0v) is 10.3. The van der Waals surface area contributed by atoms with Crippen LogP contribution in [0.3, 0.4) is 0 Å². The summed E-state index contributed by atoms with van der Waals surface area (Å²) in [6.07, 6.45) is 1.13. The molecule has 0 saturated carbocycles. The van der Waals surface area contributed by atoms with Crippen molar-refractivity contribution in [1.29, 1.82) is 0 Å². The Labute approximate surface area is 92.8 Å². The minimum absolute atomic E-state index is 0.0188. The van der Waals surface area contributed by atoms with Crippen molar-refractivity contribution in [2.45, 2.75) is 46.1 Å². The topological polar surface area (TPSA) is 40.5 Å². The third-order valence-corrected chi connectivity index (χ3v) is 2.35. The van der Waals surface area contributed by atoms with Gasteiger partial charge in [-0.2, -0.15) is 0 Å². The van der Waals surface area contributed by atoms with E-state index >= 15 is 0 Å². The Kier molecular flexibility index (Phi) is 5.58. The number of hydrogen-bond donors (Lipinski definition) is 1. The van der Waals surface area contributed by atoms with Gasteiger partial charge < -0.3 is 5.11 Å². The van der Waals surface area contributed by atoms with Gasteiger partial charge in [0.15, 0.2) is 0 Å². The molecule has 0 atom stereocenters. The van der Waals surface area contributed by atoms with Gasteiger partial charge in [-0.3, -0.25) is 9.69 Å². The zero-order valence-electron chi connectivity index (χ0n) is 10.3. The number of nitrogens with zero attached hydrogens (tertiary/aromatic N) is 1. The molecule has 0 amide bonds. The number of aliphatic carboxylic acids is 1. The normalized spacial score (nSPS) is 11.8. The Morgan fingerprint density at radius 1 is 1.27 bits per heavy atom. The summed E-state index contributed by atoms with van der Waals surface area (Å²) >= 11 is 0. The van der Waals surface area contributed by atoms with Crippen LogP contribution < -0.4 is 0 Å². The molecule has 15 heavy (non-hydrogen) atoms. The van der Waals surface area contributed by atoms with Crippen LogP contribution in [0, 0.1) is 0 Å². The second-order valence-electron chi connectivity index (χ2n) is 5.01. The van der Waals surface area contributed by atoms with Crippen molar-refractivity contribution in [2.24, 2.45) is 0 Å². The molecule has 0 heterocycles. The van der Waals surface area contributed by atoms with Crippen molar-refractivity contribution < 1.29 is 9.90 Å². The monoisotopic (exact) mass is 213 g/mol. The molecule has 0 saturated heterocycles. The van der Waals surface area contributed by atoms with Crippen LogP contribution in [0.2, 0.25) is 0 Å². The summed E-state index contributed by atoms with van der Waals surface area (Å²) in [4.78, 5) is 12.7. The molecule has 0 radical (unpaired) electrons. The third-order valence-electron chi connectivity index (χ3n) is 2.35. The number of carboxylic acid groups (broad SMARTS) is 1. The van der Waals surface area contributed by atoms with Gasteiger partial charge in [0.25, 0.3) is 0 Å². The lowest BCUT2D eigenvalue weighted by atomic mass is 10.0. The molecular formula is C12H23NO2. The van der Waals surface area contributed by atoms with Crippen LogP contribution in [0.4, 0.5) is 0 Å². The fourth-order valence-corrected chi connectivity index (χ4v) is 1.34. The van der Waals surface area contributed by atoms with E-state index in [1.165, 1.54) is 0 Å². The van der Waals surface area contributed by atoms with Gasteiger partial charge in [0, 0.05) is 18.6 Å². The molecule has 0 aromatic rings. The number of rotatable bonds is 6. The third kappa shape index (κ3) is 7.14. The van der Waals surface area contributed by atoms with Crippen molar-refractivity contribution in [3.63, 3.8) is 0 Å². The lowest BCUT2D eigenvalue weighted by Gasteiger charge is -2.35. The van der Waals surface area contributed by atoms with Gasteiger partial charge in [-0.05, 0) is 34.1 Å². The van der Waals surface area contributed by atoms with Crippen LogP contribution in [-0.4, -0.2) is 34.6 Å². The Hall–Kier alpha value is -0.830. The van der Waals surface area contributed by atoms with Crippen LogP contribution in [0.15, 0.2) is 12.2 Å². The molecule has 3 heteroatoms. The van der Waals surface area contributed by atoms with Crippen LogP contribution >= 0.6 is 0 Å². The van der Waals surface area contributed by atoms with Gasteiger partial charge in [-0.15, -0.1) is 6.58 Å². The molecule has 0 aliphatic rings. The van der Waals surface area contributed by atoms with E-state index in [4.69, 9.17) is 5.11 Å². The highest BCUT2D eigenvalue weighted by Gasteiger charge is 2.21. The maximum absolute atomic E-state index is 10.5. The molecule has 0 aromatic carbocycles. The van der Waals surface area contributed by atoms with E-state index < -0.39 is 5.97 Å². The smallest absolute Gasteiger partial charge is 0.304 e. The molecule has 3 nitrogen and oxygen atoms in total. The molecule has 88 valence electrons. The summed E-state index contributed by atoms with van der Waals surface area (Å²) in [6.45, 7) is 13.7. The number of hydrogen-bond acceptors (Lipinski definition) is 2. The van der Waals surface area contributed by atoms with E-state index in [1.807, 2.05) is 6.92 Å². The first-order valence-corrected chi connectivity index (χ1v) is 5.34. The van der Waals surface area contributed by atoms with Gasteiger partial charge in [0.05, 0.1) is 6.42 Å². The molecular weight excluding hydrogens is 190 g/mol. The quantitative estimate of drug-likeness (QED) is 0.689. The summed E-state index contributed by atoms with van der Waals surface area (Å²) in [6, 6.07) is 0. The molecule has 1 N–H and O–H groups in total. The van der Waals surface area contributed by atoms with Crippen LogP contribution in [0.25, 0.3) is 0 Å². The van der Waals surface area contributed by atoms with Gasteiger partial charge in [0.2, 0.25) is 0 Å². The molecule has 0 fully saturated rings. The minimum Gasteiger partial charge on any atom is -0.481 e. The zero-order chi connectivity index (χ0) is 12.1. The van der Waals surface area contributed by atoms with Crippen molar-refractivity contribution in [2.75, 3.05) is 13.1 Å². The summed E-state index contributed by atoms with van der Waals surface area (Å²) in [5.74, 6) is -0.737. The highest BCUT2D eigenvalue weighted by Crippen LogP contribution is 2.15. The highest BCUT2D eigenvalue weighted by atomic mass is 16.4. The average molecular weight is 213 g/mol. The average Bonchev–Trinajstić information content (AvgIpc) is 2.00. The SMILES string of the molecule is C=C(C)CCN(CCC(=O)O)C(C)(C)C. The Morgan fingerprint density at radius 3 is 2.07 bits per heavy atom. The lowest BCUT2D eigenvalue weighted by molar-refractivity contribution is -0.137. The molecule has 0 rings (SSSR count). The molecule has 0 aliphatic carbocycles. The van der Waals surface area contributed by atoms with Crippen LogP contribution in [0.1, 0.15) is 40.5 Å². The van der Waals surface area contributed by atoms with Gasteiger partial charge >= 0.3 is 5.97 Å². The molecule has 0 aliphatic heterocycles. The highest BCUT2D eigenvalue weighted by molar-refractivity contribution is 5.66. The summed E-state index contributed by atoms with van der Waals surface area (Å²) in [5.41, 5.74) is 1.16. The standard InChI is InChI=1S/C12H23NO2/c1-10(2)6-8-13(12(3,4)5)9-7-11(14)15/h1,6-9H2,2-5H3,(H,14,15). The van der Waals surface area contributed by atoms with E-state index in [0.717, 1.165) is 18.5 Å². The molecule has 0 bridgehead atoms. The predicted octanol–water partition coefficient (Wildman–Crippen LogP) is 2.53. The van der Waals surface area contributed by atoms with E-state index in [2.05, 4.69) is 32.3 Å². The van der Waals surface area contributed by atoms with Crippen LogP contribution in [0.5, 0.6) is 0 Å². The van der Waals surface area contributed by atoms with Crippen LogP contribution in [-0.2, 0) is 4.79 Å². The number of carbonyl (C=O) groups is 1. The van der Waals surface area contributed by atoms with E-state index in [9.17, 15) is 4.79 Å². The molecule has 0 aromatic heterocycles. The van der Waals surface area contributed by atoms with E-state index in [1.54, 1.807) is 0 Å². The maximum atomic E-state index is 10.5. The van der Waals surface area contributed by atoms with E-state index in [-0.39, 0.29) is 12.0 Å². The van der Waals surface area contributed by atoms with Gasteiger partial charge in [0.1, 0.15) is 0 Å². The van der Waals surface area contributed by atoms with Crippen molar-refractivity contribution in [3.8, 4) is 0 Å². The second kappa shape index (κ2) is 5.91. The first-order chi connectivity index (χ1) is 6.73. The minimum atomic E-state index is -0.737. The molecule has 0 unspecified atom stereocenters. The van der Waals surface area contributed by atoms with Crippen molar-refractivity contribution >= 4 is 5.97 Å². The van der Waals surface area contributed by atoms with E-state index in [0.29, 0.717) is 6.54 Å². The Bertz CT molecular complexity index is 210. The Balaban J connectivity index is 4.19. The number of carboxylic acids is 1. The summed E-state index contributed by atoms with van der Waals surface area (Å²) in [7, 11) is 0. The lowest BCUT2D eigenvalue weighted by Crippen LogP contribution is -2.43. The molecule has 0 spiro atoms. The van der Waals surface area contributed by atoms with Crippen molar-refractivity contribution in [3.05, 3.63) is 12.2 Å². The largest absolute Gasteiger partial charge is 0.481 e. The maximum Gasteiger partial charge on any atom is 0.304 e. The fraction of sp³-hybridized carbons (Fsp3) is 0.750. The van der Waals surface area contributed by atoms with Gasteiger partial charge in [-0.1, -0.05) is 5.57 Å². The fourth-order valence-electron chi connectivity index (χ4n) is 1.34. The second-order valence-corrected chi connectivity index (χ2v) is 5.01. The summed E-state index contributed by atoms with van der Waals surface area (Å²) in [5, 5.41) is 8.66. The van der Waals surface area contributed by atoms with Crippen molar-refractivity contribution in [1.82, 2.24) is 4.90 Å². The first kappa shape index (κ1) is 14.2. The first-order valence-electron chi connectivity index (χ1n) is 5.34.